The highest BCUT2D eigenvalue weighted by Gasteiger charge is 2.20. The Balaban J connectivity index is 1.40. The van der Waals surface area contributed by atoms with E-state index in [1.165, 1.54) is 12.6 Å². The van der Waals surface area contributed by atoms with Gasteiger partial charge in [0, 0.05) is 44.0 Å². The van der Waals surface area contributed by atoms with Gasteiger partial charge in [0.15, 0.2) is 5.78 Å². The Morgan fingerprint density at radius 3 is 2.18 bits per heavy atom. The Kier molecular flexibility index (Phi) is 6.90. The van der Waals surface area contributed by atoms with E-state index in [0.717, 1.165) is 31.9 Å². The lowest BCUT2D eigenvalue weighted by Gasteiger charge is -2.36. The first-order valence-electron chi connectivity index (χ1n) is 9.58. The number of piperazine rings is 1. The van der Waals surface area contributed by atoms with Crippen LogP contribution in [0.25, 0.3) is 0 Å². The lowest BCUT2D eigenvalue weighted by atomic mass is 10.1. The zero-order chi connectivity index (χ0) is 19.9. The predicted octanol–water partition coefficient (Wildman–Crippen LogP) is 2.46. The molecule has 0 spiro atoms. The summed E-state index contributed by atoms with van der Waals surface area (Å²) >= 11 is 0. The zero-order valence-corrected chi connectivity index (χ0v) is 16.5. The first-order valence-corrected chi connectivity index (χ1v) is 9.58. The molecular formula is C22H28N2O4. The fourth-order valence-electron chi connectivity index (χ4n) is 3.31. The predicted molar refractivity (Wildman–Crippen MR) is 110 cm³/mol. The van der Waals surface area contributed by atoms with Gasteiger partial charge in [-0.05, 0) is 55.5 Å². The van der Waals surface area contributed by atoms with Crippen molar-refractivity contribution in [3.05, 3.63) is 54.1 Å². The zero-order valence-electron chi connectivity index (χ0n) is 16.5. The summed E-state index contributed by atoms with van der Waals surface area (Å²) in [6.45, 7) is 6.00. The summed E-state index contributed by atoms with van der Waals surface area (Å²) in [7, 11) is 1.67. The molecule has 0 bridgehead atoms. The summed E-state index contributed by atoms with van der Waals surface area (Å²) in [4.78, 5) is 15.9. The highest BCUT2D eigenvalue weighted by molar-refractivity contribution is 5.94. The smallest absolute Gasteiger partial charge is 0.159 e. The molecule has 2 aromatic carbocycles. The molecule has 1 aliphatic rings. The number of aliphatic hydroxyl groups is 1. The number of β-amino-alcohol motifs (C(OH)–C–C–N with tert-alkyl or cyclic N) is 1. The van der Waals surface area contributed by atoms with Gasteiger partial charge in [0.05, 0.1) is 7.11 Å². The van der Waals surface area contributed by atoms with Crippen LogP contribution < -0.4 is 14.4 Å². The number of rotatable bonds is 8. The maximum atomic E-state index is 11.3. The molecule has 150 valence electrons. The van der Waals surface area contributed by atoms with Gasteiger partial charge in [-0.1, -0.05) is 0 Å². The molecular weight excluding hydrogens is 356 g/mol. The third-order valence-corrected chi connectivity index (χ3v) is 4.98. The van der Waals surface area contributed by atoms with Crippen molar-refractivity contribution >= 4 is 11.5 Å². The van der Waals surface area contributed by atoms with Crippen LogP contribution in [0.5, 0.6) is 11.5 Å². The molecule has 1 N–H and O–H groups in total. The molecule has 0 amide bonds. The van der Waals surface area contributed by atoms with Crippen LogP contribution >= 0.6 is 0 Å². The Bertz CT molecular complexity index is 753. The number of Topliss-reactive ketones (excluding diaryl/α,β-unsaturated/α-hetero) is 1. The monoisotopic (exact) mass is 384 g/mol. The average Bonchev–Trinajstić information content (AvgIpc) is 2.73. The maximum Gasteiger partial charge on any atom is 0.159 e. The fourth-order valence-corrected chi connectivity index (χ4v) is 3.31. The lowest BCUT2D eigenvalue weighted by Crippen LogP contribution is -2.49. The van der Waals surface area contributed by atoms with Gasteiger partial charge in [0.1, 0.15) is 24.2 Å². The van der Waals surface area contributed by atoms with E-state index in [2.05, 4.69) is 21.9 Å². The molecule has 1 heterocycles. The Morgan fingerprint density at radius 1 is 1.00 bits per heavy atom. The summed E-state index contributed by atoms with van der Waals surface area (Å²) < 4.78 is 10.9. The van der Waals surface area contributed by atoms with Crippen molar-refractivity contribution in [3.8, 4) is 11.5 Å². The number of anilines is 1. The molecule has 1 saturated heterocycles. The number of hydrogen-bond acceptors (Lipinski definition) is 6. The van der Waals surface area contributed by atoms with Crippen LogP contribution in [0.15, 0.2) is 48.5 Å². The number of hydrogen-bond donors (Lipinski definition) is 1. The van der Waals surface area contributed by atoms with Gasteiger partial charge in [-0.25, -0.2) is 0 Å². The highest BCUT2D eigenvalue weighted by Crippen LogP contribution is 2.20. The first kappa shape index (κ1) is 20.2. The van der Waals surface area contributed by atoms with E-state index < -0.39 is 6.10 Å². The fraction of sp³-hybridized carbons (Fsp3) is 0.409. The number of carbonyl (C=O) groups excluding carboxylic acids is 1. The van der Waals surface area contributed by atoms with Crippen molar-refractivity contribution in [1.29, 1.82) is 0 Å². The molecule has 0 aliphatic carbocycles. The third kappa shape index (κ3) is 5.47. The van der Waals surface area contributed by atoms with Crippen molar-refractivity contribution in [2.75, 3.05) is 51.3 Å². The molecule has 1 fully saturated rings. The number of methoxy groups -OCH3 is 1. The van der Waals surface area contributed by atoms with Crippen LogP contribution in [0.2, 0.25) is 0 Å². The third-order valence-electron chi connectivity index (χ3n) is 4.98. The minimum absolute atomic E-state index is 0.0281. The molecule has 0 unspecified atom stereocenters. The largest absolute Gasteiger partial charge is 0.497 e. The number of benzene rings is 2. The second-order valence-electron chi connectivity index (χ2n) is 7.03. The molecule has 0 aromatic heterocycles. The summed E-state index contributed by atoms with van der Waals surface area (Å²) in [5.41, 5.74) is 1.85. The van der Waals surface area contributed by atoms with E-state index in [0.29, 0.717) is 17.9 Å². The number of nitrogens with zero attached hydrogens (tertiary/aromatic N) is 2. The summed E-state index contributed by atoms with van der Waals surface area (Å²) in [5.74, 6) is 1.55. The van der Waals surface area contributed by atoms with E-state index in [4.69, 9.17) is 9.47 Å². The molecule has 28 heavy (non-hydrogen) atoms. The summed E-state index contributed by atoms with van der Waals surface area (Å²) in [6.07, 6.45) is -0.556. The van der Waals surface area contributed by atoms with Crippen LogP contribution in [0.4, 0.5) is 5.69 Å². The van der Waals surface area contributed by atoms with E-state index in [1.807, 2.05) is 12.1 Å². The van der Waals surface area contributed by atoms with Gasteiger partial charge in [-0.3, -0.25) is 9.69 Å². The van der Waals surface area contributed by atoms with Gasteiger partial charge >= 0.3 is 0 Å². The van der Waals surface area contributed by atoms with Crippen LogP contribution in [0.1, 0.15) is 17.3 Å². The van der Waals surface area contributed by atoms with Crippen molar-refractivity contribution in [1.82, 2.24) is 4.90 Å². The Hall–Kier alpha value is -2.57. The van der Waals surface area contributed by atoms with Gasteiger partial charge in [0.2, 0.25) is 0 Å². The Morgan fingerprint density at radius 2 is 1.61 bits per heavy atom. The molecule has 0 saturated carbocycles. The van der Waals surface area contributed by atoms with Gasteiger partial charge in [-0.15, -0.1) is 0 Å². The SMILES string of the molecule is COc1ccc(N2CCN(C[C@H](O)COc3ccc(C(C)=O)cc3)CC2)cc1. The molecule has 0 radical (unpaired) electrons. The van der Waals surface area contributed by atoms with Gasteiger partial charge in [0.25, 0.3) is 0 Å². The quantitative estimate of drug-likeness (QED) is 0.706. The highest BCUT2D eigenvalue weighted by atomic mass is 16.5. The van der Waals surface area contributed by atoms with E-state index in [-0.39, 0.29) is 12.4 Å². The Labute approximate surface area is 166 Å². The molecule has 6 heteroatoms. The van der Waals surface area contributed by atoms with Crippen molar-refractivity contribution in [2.45, 2.75) is 13.0 Å². The number of carbonyl (C=O) groups is 1. The second kappa shape index (κ2) is 9.57. The van der Waals surface area contributed by atoms with Crippen LogP contribution in [-0.2, 0) is 0 Å². The topological polar surface area (TPSA) is 62.2 Å². The van der Waals surface area contributed by atoms with Crippen molar-refractivity contribution in [2.24, 2.45) is 0 Å². The number of aliphatic hydroxyl groups excluding tert-OH is 1. The van der Waals surface area contributed by atoms with E-state index >= 15 is 0 Å². The standard InChI is InChI=1S/C22H28N2O4/c1-17(25)18-3-7-22(8-4-18)28-16-20(26)15-23-11-13-24(14-12-23)19-5-9-21(27-2)10-6-19/h3-10,20,26H,11-16H2,1-2H3/t20-/m0/s1. The normalized spacial score (nSPS) is 15.9. The van der Waals surface area contributed by atoms with Crippen molar-refractivity contribution in [3.63, 3.8) is 0 Å². The average molecular weight is 384 g/mol. The van der Waals surface area contributed by atoms with E-state index in [9.17, 15) is 9.90 Å². The molecule has 6 nitrogen and oxygen atoms in total. The number of ether oxygens (including phenoxy) is 2. The van der Waals surface area contributed by atoms with Gasteiger partial charge in [-0.2, -0.15) is 0 Å². The summed E-state index contributed by atoms with van der Waals surface area (Å²) in [5, 5.41) is 10.3. The molecule has 1 atom stereocenters. The second-order valence-corrected chi connectivity index (χ2v) is 7.03. The lowest BCUT2D eigenvalue weighted by molar-refractivity contribution is 0.0663. The number of ketones is 1. The first-order chi connectivity index (χ1) is 13.5. The van der Waals surface area contributed by atoms with E-state index in [1.54, 1.807) is 31.4 Å². The maximum absolute atomic E-state index is 11.3. The molecule has 1 aliphatic heterocycles. The van der Waals surface area contributed by atoms with Crippen LogP contribution in [-0.4, -0.2) is 68.3 Å². The van der Waals surface area contributed by atoms with Crippen LogP contribution in [0, 0.1) is 0 Å². The minimum atomic E-state index is -0.556. The van der Waals surface area contributed by atoms with Crippen LogP contribution in [0.3, 0.4) is 0 Å². The molecule has 3 rings (SSSR count). The molecule has 2 aromatic rings. The summed E-state index contributed by atoms with van der Waals surface area (Å²) in [6, 6.07) is 15.1. The van der Waals surface area contributed by atoms with Gasteiger partial charge < -0.3 is 19.5 Å². The minimum Gasteiger partial charge on any atom is -0.497 e. The van der Waals surface area contributed by atoms with Crippen molar-refractivity contribution < 1.29 is 19.4 Å².